The molecule has 0 aliphatic carbocycles. The second-order valence-electron chi connectivity index (χ2n) is 4.64. The zero-order valence-electron chi connectivity index (χ0n) is 10.6. The van der Waals surface area contributed by atoms with Crippen molar-refractivity contribution < 1.29 is 5.11 Å². The number of aliphatic hydroxyl groups excluding tert-OH is 1. The van der Waals surface area contributed by atoms with Gasteiger partial charge in [-0.1, -0.05) is 37.8 Å². The van der Waals surface area contributed by atoms with Crippen molar-refractivity contribution in [2.75, 3.05) is 6.61 Å². The van der Waals surface area contributed by atoms with Crippen molar-refractivity contribution in [1.29, 1.82) is 0 Å². The van der Waals surface area contributed by atoms with Crippen LogP contribution in [-0.2, 0) is 0 Å². The van der Waals surface area contributed by atoms with Crippen LogP contribution in [0.25, 0.3) is 0 Å². The van der Waals surface area contributed by atoms with Crippen LogP contribution in [0.2, 0.25) is 0 Å². The number of benzene rings is 1. The van der Waals surface area contributed by atoms with Crippen LogP contribution >= 0.6 is 0 Å². The van der Waals surface area contributed by atoms with Gasteiger partial charge in [0.15, 0.2) is 0 Å². The molecule has 2 nitrogen and oxygen atoms in total. The Kier molecular flexibility index (Phi) is 5.76. The third-order valence-electron chi connectivity index (χ3n) is 2.50. The average molecular weight is 231 g/mol. The Morgan fingerprint density at radius 2 is 2.12 bits per heavy atom. The topological polar surface area (TPSA) is 46.2 Å². The quantitative estimate of drug-likeness (QED) is 0.782. The molecule has 0 aliphatic rings. The standard InChI is InChI=1S/C15H21NO/c1-12(2)5-3-6-13-7-4-8-14(11-13)15(16)9-10-17/h4,7-8,11-12,15,17H,5,9-10,16H2,1-2H3. The van der Waals surface area contributed by atoms with Gasteiger partial charge in [0.2, 0.25) is 0 Å². The van der Waals surface area contributed by atoms with Crippen LogP contribution in [0, 0.1) is 17.8 Å². The van der Waals surface area contributed by atoms with Gasteiger partial charge < -0.3 is 10.8 Å². The normalized spacial score (nSPS) is 12.1. The van der Waals surface area contributed by atoms with Crippen molar-refractivity contribution >= 4 is 0 Å². The van der Waals surface area contributed by atoms with Gasteiger partial charge in [0, 0.05) is 24.6 Å². The predicted molar refractivity (Wildman–Crippen MR) is 71.4 cm³/mol. The lowest BCUT2D eigenvalue weighted by atomic mass is 10.0. The van der Waals surface area contributed by atoms with Crippen LogP contribution in [0.15, 0.2) is 24.3 Å². The summed E-state index contributed by atoms with van der Waals surface area (Å²) in [4.78, 5) is 0. The fourth-order valence-electron chi connectivity index (χ4n) is 1.51. The van der Waals surface area contributed by atoms with Gasteiger partial charge in [-0.05, 0) is 30.0 Å². The van der Waals surface area contributed by atoms with Crippen LogP contribution in [0.1, 0.15) is 43.9 Å². The maximum absolute atomic E-state index is 8.86. The van der Waals surface area contributed by atoms with Crippen molar-refractivity contribution in [2.45, 2.75) is 32.7 Å². The van der Waals surface area contributed by atoms with Crippen molar-refractivity contribution in [3.8, 4) is 11.8 Å². The third kappa shape index (κ3) is 5.04. The molecule has 0 radical (unpaired) electrons. The van der Waals surface area contributed by atoms with Crippen molar-refractivity contribution in [3.63, 3.8) is 0 Å². The first-order valence-corrected chi connectivity index (χ1v) is 6.08. The number of aliphatic hydroxyl groups is 1. The van der Waals surface area contributed by atoms with Gasteiger partial charge in [-0.15, -0.1) is 0 Å². The van der Waals surface area contributed by atoms with Crippen LogP contribution in [0.3, 0.4) is 0 Å². The van der Waals surface area contributed by atoms with E-state index in [0.717, 1.165) is 17.5 Å². The summed E-state index contributed by atoms with van der Waals surface area (Å²) in [7, 11) is 0. The van der Waals surface area contributed by atoms with E-state index in [-0.39, 0.29) is 12.6 Å². The Hall–Kier alpha value is -1.30. The van der Waals surface area contributed by atoms with E-state index >= 15 is 0 Å². The summed E-state index contributed by atoms with van der Waals surface area (Å²) in [5.74, 6) is 6.90. The van der Waals surface area contributed by atoms with Crippen LogP contribution in [0.4, 0.5) is 0 Å². The van der Waals surface area contributed by atoms with Crippen molar-refractivity contribution in [2.24, 2.45) is 11.7 Å². The predicted octanol–water partition coefficient (Wildman–Crippen LogP) is 2.47. The van der Waals surface area contributed by atoms with Crippen LogP contribution in [0.5, 0.6) is 0 Å². The molecule has 0 fully saturated rings. The second kappa shape index (κ2) is 7.11. The lowest BCUT2D eigenvalue weighted by Crippen LogP contribution is -2.11. The molecule has 1 aromatic carbocycles. The Balaban J connectivity index is 2.74. The first-order chi connectivity index (χ1) is 8.13. The molecule has 3 N–H and O–H groups in total. The number of hydrogen-bond donors (Lipinski definition) is 2. The smallest absolute Gasteiger partial charge is 0.0449 e. The zero-order valence-corrected chi connectivity index (χ0v) is 10.6. The zero-order chi connectivity index (χ0) is 12.7. The molecule has 0 aliphatic heterocycles. The van der Waals surface area contributed by atoms with E-state index in [0.29, 0.717) is 12.3 Å². The molecule has 0 aromatic heterocycles. The van der Waals surface area contributed by atoms with Crippen molar-refractivity contribution in [3.05, 3.63) is 35.4 Å². The molecular weight excluding hydrogens is 210 g/mol. The third-order valence-corrected chi connectivity index (χ3v) is 2.50. The molecule has 17 heavy (non-hydrogen) atoms. The lowest BCUT2D eigenvalue weighted by molar-refractivity contribution is 0.276. The largest absolute Gasteiger partial charge is 0.396 e. The van der Waals surface area contributed by atoms with Gasteiger partial charge in [0.05, 0.1) is 0 Å². The molecule has 0 saturated carbocycles. The van der Waals surface area contributed by atoms with Gasteiger partial charge >= 0.3 is 0 Å². The number of rotatable bonds is 4. The monoisotopic (exact) mass is 231 g/mol. The fourth-order valence-corrected chi connectivity index (χ4v) is 1.51. The summed E-state index contributed by atoms with van der Waals surface area (Å²) in [6.07, 6.45) is 1.50. The molecule has 0 spiro atoms. The first-order valence-electron chi connectivity index (χ1n) is 6.08. The Morgan fingerprint density at radius 3 is 2.76 bits per heavy atom. The number of nitrogens with two attached hydrogens (primary N) is 1. The molecule has 0 heterocycles. The van der Waals surface area contributed by atoms with E-state index in [1.807, 2.05) is 24.3 Å². The highest BCUT2D eigenvalue weighted by Crippen LogP contribution is 2.14. The molecule has 92 valence electrons. The Labute approximate surface area is 104 Å². The molecule has 0 bridgehead atoms. The van der Waals surface area contributed by atoms with E-state index in [4.69, 9.17) is 10.8 Å². The van der Waals surface area contributed by atoms with Gasteiger partial charge in [0.25, 0.3) is 0 Å². The maximum atomic E-state index is 8.86. The minimum Gasteiger partial charge on any atom is -0.396 e. The molecule has 0 amide bonds. The molecule has 1 rings (SSSR count). The molecule has 0 saturated heterocycles. The van der Waals surface area contributed by atoms with Gasteiger partial charge in [-0.3, -0.25) is 0 Å². The summed E-state index contributed by atoms with van der Waals surface area (Å²) in [5, 5.41) is 8.86. The first kappa shape index (κ1) is 13.8. The van der Waals surface area contributed by atoms with Gasteiger partial charge in [-0.2, -0.15) is 0 Å². The second-order valence-corrected chi connectivity index (χ2v) is 4.64. The van der Waals surface area contributed by atoms with E-state index in [2.05, 4.69) is 25.7 Å². The highest BCUT2D eigenvalue weighted by molar-refractivity contribution is 5.38. The minimum atomic E-state index is -0.105. The molecule has 1 aromatic rings. The fraction of sp³-hybridized carbons (Fsp3) is 0.467. The van der Waals surface area contributed by atoms with Crippen molar-refractivity contribution in [1.82, 2.24) is 0 Å². The van der Waals surface area contributed by atoms with E-state index in [1.165, 1.54) is 0 Å². The highest BCUT2D eigenvalue weighted by Gasteiger charge is 2.04. The summed E-state index contributed by atoms with van der Waals surface area (Å²) in [6.45, 7) is 4.43. The minimum absolute atomic E-state index is 0.105. The van der Waals surface area contributed by atoms with Crippen LogP contribution in [-0.4, -0.2) is 11.7 Å². The summed E-state index contributed by atoms with van der Waals surface area (Å²) < 4.78 is 0. The molecular formula is C15H21NO. The van der Waals surface area contributed by atoms with Crippen LogP contribution < -0.4 is 5.73 Å². The highest BCUT2D eigenvalue weighted by atomic mass is 16.3. The molecule has 1 unspecified atom stereocenters. The molecule has 1 atom stereocenters. The maximum Gasteiger partial charge on any atom is 0.0449 e. The lowest BCUT2D eigenvalue weighted by Gasteiger charge is -2.10. The van der Waals surface area contributed by atoms with E-state index in [1.54, 1.807) is 0 Å². The van der Waals surface area contributed by atoms with Gasteiger partial charge in [0.1, 0.15) is 0 Å². The summed E-state index contributed by atoms with van der Waals surface area (Å²) in [6, 6.07) is 7.84. The van der Waals surface area contributed by atoms with E-state index in [9.17, 15) is 0 Å². The summed E-state index contributed by atoms with van der Waals surface area (Å²) in [5.41, 5.74) is 7.98. The number of hydrogen-bond acceptors (Lipinski definition) is 2. The Morgan fingerprint density at radius 1 is 1.35 bits per heavy atom. The van der Waals surface area contributed by atoms with E-state index < -0.39 is 0 Å². The van der Waals surface area contributed by atoms with Gasteiger partial charge in [-0.25, -0.2) is 0 Å². The SMILES string of the molecule is CC(C)CC#Cc1cccc(C(N)CCO)c1. The Bertz CT molecular complexity index is 401. The molecule has 2 heteroatoms. The summed E-state index contributed by atoms with van der Waals surface area (Å²) >= 11 is 0. The average Bonchev–Trinajstić information content (AvgIpc) is 2.29.